The highest BCUT2D eigenvalue weighted by Crippen LogP contribution is 2.15. The van der Waals surface area contributed by atoms with Gasteiger partial charge in [0, 0.05) is 11.8 Å². The number of hydrogen-bond acceptors (Lipinski definition) is 3. The minimum atomic E-state index is -0.197. The predicted octanol–water partition coefficient (Wildman–Crippen LogP) is 2.90. The molecular weight excluding hydrogens is 240 g/mol. The van der Waals surface area contributed by atoms with Gasteiger partial charge in [0.05, 0.1) is 11.9 Å². The van der Waals surface area contributed by atoms with E-state index in [9.17, 15) is 4.79 Å². The molecule has 4 heteroatoms. The lowest BCUT2D eigenvalue weighted by atomic mass is 10.2. The fraction of sp³-hybridized carbons (Fsp3) is 0.0667. The standard InChI is InChI=1S/C15H14N2O2/c1-2-9-19-14-7-3-5-12(10-14)15(18)17-13-6-4-8-16-11-13/h2-8,10-11H,1,9H2,(H,17,18). The molecule has 0 saturated carbocycles. The van der Waals surface area contributed by atoms with Crippen molar-refractivity contribution < 1.29 is 9.53 Å². The number of anilines is 1. The highest BCUT2D eigenvalue weighted by Gasteiger charge is 2.07. The maximum Gasteiger partial charge on any atom is 0.255 e. The zero-order valence-electron chi connectivity index (χ0n) is 10.4. The van der Waals surface area contributed by atoms with E-state index in [1.54, 1.807) is 54.9 Å². The molecule has 0 fully saturated rings. The fourth-order valence-electron chi connectivity index (χ4n) is 1.52. The number of pyridine rings is 1. The second kappa shape index (κ2) is 6.35. The van der Waals surface area contributed by atoms with Gasteiger partial charge in [-0.05, 0) is 30.3 Å². The number of rotatable bonds is 5. The van der Waals surface area contributed by atoms with Crippen molar-refractivity contribution in [1.29, 1.82) is 0 Å². The Morgan fingerprint density at radius 2 is 2.26 bits per heavy atom. The van der Waals surface area contributed by atoms with E-state index in [2.05, 4.69) is 16.9 Å². The monoisotopic (exact) mass is 254 g/mol. The average Bonchev–Trinajstić information content (AvgIpc) is 2.46. The minimum absolute atomic E-state index is 0.197. The quantitative estimate of drug-likeness (QED) is 0.835. The Bertz CT molecular complexity index is 567. The topological polar surface area (TPSA) is 51.2 Å². The summed E-state index contributed by atoms with van der Waals surface area (Å²) in [4.78, 5) is 16.0. The van der Waals surface area contributed by atoms with Gasteiger partial charge in [0.15, 0.2) is 0 Å². The summed E-state index contributed by atoms with van der Waals surface area (Å²) in [5.74, 6) is 0.441. The number of ether oxygens (including phenoxy) is 1. The van der Waals surface area contributed by atoms with Crippen LogP contribution in [0, 0.1) is 0 Å². The van der Waals surface area contributed by atoms with Crippen LogP contribution in [0.1, 0.15) is 10.4 Å². The molecule has 0 unspecified atom stereocenters. The average molecular weight is 254 g/mol. The number of hydrogen-bond donors (Lipinski definition) is 1. The maximum absolute atomic E-state index is 12.0. The van der Waals surface area contributed by atoms with Gasteiger partial charge in [-0.1, -0.05) is 18.7 Å². The van der Waals surface area contributed by atoms with Gasteiger partial charge in [-0.15, -0.1) is 0 Å². The molecule has 96 valence electrons. The molecule has 4 nitrogen and oxygen atoms in total. The number of nitrogens with zero attached hydrogens (tertiary/aromatic N) is 1. The van der Waals surface area contributed by atoms with Crippen LogP contribution in [0.3, 0.4) is 0 Å². The van der Waals surface area contributed by atoms with Gasteiger partial charge in [0.25, 0.3) is 5.91 Å². The van der Waals surface area contributed by atoms with E-state index >= 15 is 0 Å². The third-order valence-corrected chi connectivity index (χ3v) is 2.38. The SMILES string of the molecule is C=CCOc1cccc(C(=O)Nc2cccnc2)c1. The zero-order valence-corrected chi connectivity index (χ0v) is 10.4. The lowest BCUT2D eigenvalue weighted by molar-refractivity contribution is 0.102. The van der Waals surface area contributed by atoms with E-state index in [4.69, 9.17) is 4.74 Å². The lowest BCUT2D eigenvalue weighted by Gasteiger charge is -2.07. The van der Waals surface area contributed by atoms with Crippen LogP contribution in [0.25, 0.3) is 0 Å². The molecule has 0 aliphatic heterocycles. The second-order valence-corrected chi connectivity index (χ2v) is 3.82. The fourth-order valence-corrected chi connectivity index (χ4v) is 1.52. The minimum Gasteiger partial charge on any atom is -0.490 e. The normalized spacial score (nSPS) is 9.68. The van der Waals surface area contributed by atoms with Crippen molar-refractivity contribution in [2.45, 2.75) is 0 Å². The molecule has 1 aromatic heterocycles. The van der Waals surface area contributed by atoms with Crippen LogP contribution in [0.5, 0.6) is 5.75 Å². The van der Waals surface area contributed by atoms with Crippen LogP contribution >= 0.6 is 0 Å². The molecule has 0 saturated heterocycles. The van der Waals surface area contributed by atoms with Crippen LogP contribution in [0.2, 0.25) is 0 Å². The van der Waals surface area contributed by atoms with Crippen LogP contribution in [-0.2, 0) is 0 Å². The Morgan fingerprint density at radius 3 is 3.00 bits per heavy atom. The van der Waals surface area contributed by atoms with Crippen LogP contribution in [0.4, 0.5) is 5.69 Å². The molecular formula is C15H14N2O2. The molecule has 0 atom stereocenters. The van der Waals surface area contributed by atoms with Crippen LogP contribution in [-0.4, -0.2) is 17.5 Å². The Balaban J connectivity index is 2.08. The molecule has 0 aliphatic rings. The number of amides is 1. The third-order valence-electron chi connectivity index (χ3n) is 2.38. The molecule has 1 heterocycles. The number of carbonyl (C=O) groups excluding carboxylic acids is 1. The highest BCUT2D eigenvalue weighted by atomic mass is 16.5. The van der Waals surface area contributed by atoms with Crippen molar-refractivity contribution in [3.63, 3.8) is 0 Å². The van der Waals surface area contributed by atoms with Gasteiger partial charge in [-0.3, -0.25) is 9.78 Å². The van der Waals surface area contributed by atoms with Gasteiger partial charge >= 0.3 is 0 Å². The Morgan fingerprint density at radius 1 is 1.37 bits per heavy atom. The molecule has 0 bridgehead atoms. The van der Waals surface area contributed by atoms with E-state index in [1.807, 2.05) is 0 Å². The van der Waals surface area contributed by atoms with Gasteiger partial charge in [0.2, 0.25) is 0 Å². The molecule has 0 radical (unpaired) electrons. The first-order valence-electron chi connectivity index (χ1n) is 5.85. The zero-order chi connectivity index (χ0) is 13.5. The van der Waals surface area contributed by atoms with E-state index < -0.39 is 0 Å². The summed E-state index contributed by atoms with van der Waals surface area (Å²) in [5.41, 5.74) is 1.19. The first kappa shape index (κ1) is 12.8. The summed E-state index contributed by atoms with van der Waals surface area (Å²) in [5, 5.41) is 2.76. The van der Waals surface area contributed by atoms with E-state index in [-0.39, 0.29) is 5.91 Å². The predicted molar refractivity (Wildman–Crippen MR) is 74.3 cm³/mol. The molecule has 2 rings (SSSR count). The molecule has 1 aromatic carbocycles. The smallest absolute Gasteiger partial charge is 0.255 e. The molecule has 1 N–H and O–H groups in total. The third kappa shape index (κ3) is 3.67. The van der Waals surface area contributed by atoms with Crippen molar-refractivity contribution in [3.05, 3.63) is 67.0 Å². The van der Waals surface area contributed by atoms with Crippen molar-refractivity contribution in [3.8, 4) is 5.75 Å². The van der Waals surface area contributed by atoms with Gasteiger partial charge < -0.3 is 10.1 Å². The molecule has 0 aliphatic carbocycles. The first-order chi connectivity index (χ1) is 9.29. The number of aromatic nitrogens is 1. The van der Waals surface area contributed by atoms with Crippen molar-refractivity contribution in [1.82, 2.24) is 4.98 Å². The summed E-state index contributed by atoms with van der Waals surface area (Å²) in [7, 11) is 0. The molecule has 2 aromatic rings. The number of benzene rings is 1. The molecule has 0 spiro atoms. The summed E-state index contributed by atoms with van der Waals surface area (Å²) in [6, 6.07) is 10.5. The summed E-state index contributed by atoms with van der Waals surface area (Å²) < 4.78 is 5.39. The Labute approximate surface area is 111 Å². The summed E-state index contributed by atoms with van der Waals surface area (Å²) >= 11 is 0. The van der Waals surface area contributed by atoms with Gasteiger partial charge in [-0.2, -0.15) is 0 Å². The summed E-state index contributed by atoms with van der Waals surface area (Å²) in [6.45, 7) is 3.99. The van der Waals surface area contributed by atoms with Gasteiger partial charge in [0.1, 0.15) is 12.4 Å². The van der Waals surface area contributed by atoms with E-state index in [0.717, 1.165) is 0 Å². The summed E-state index contributed by atoms with van der Waals surface area (Å²) in [6.07, 6.45) is 4.90. The van der Waals surface area contributed by atoms with Crippen molar-refractivity contribution >= 4 is 11.6 Å². The first-order valence-corrected chi connectivity index (χ1v) is 5.85. The van der Waals surface area contributed by atoms with Crippen molar-refractivity contribution in [2.24, 2.45) is 0 Å². The van der Waals surface area contributed by atoms with Crippen molar-refractivity contribution in [2.75, 3.05) is 11.9 Å². The highest BCUT2D eigenvalue weighted by molar-refractivity contribution is 6.04. The Hall–Kier alpha value is -2.62. The Kier molecular flexibility index (Phi) is 4.29. The molecule has 1 amide bonds. The lowest BCUT2D eigenvalue weighted by Crippen LogP contribution is -2.12. The number of carbonyl (C=O) groups is 1. The van der Waals surface area contributed by atoms with E-state index in [1.165, 1.54) is 0 Å². The maximum atomic E-state index is 12.0. The second-order valence-electron chi connectivity index (χ2n) is 3.82. The van der Waals surface area contributed by atoms with Crippen LogP contribution < -0.4 is 10.1 Å². The van der Waals surface area contributed by atoms with E-state index in [0.29, 0.717) is 23.6 Å². The largest absolute Gasteiger partial charge is 0.490 e. The van der Waals surface area contributed by atoms with Gasteiger partial charge in [-0.25, -0.2) is 0 Å². The molecule has 19 heavy (non-hydrogen) atoms. The van der Waals surface area contributed by atoms with Crippen LogP contribution in [0.15, 0.2) is 61.4 Å². The number of nitrogens with one attached hydrogen (secondary N) is 1.